The zero-order chi connectivity index (χ0) is 33.3. The van der Waals surface area contributed by atoms with Crippen LogP contribution in [0, 0.1) is 0 Å². The highest BCUT2D eigenvalue weighted by molar-refractivity contribution is 5.88. The van der Waals surface area contributed by atoms with Crippen molar-refractivity contribution in [3.05, 3.63) is 70.8 Å². The molecule has 2 aliphatic rings. The minimum absolute atomic E-state index is 0.00571. The Hall–Kier alpha value is -3.81. The molecule has 46 heavy (non-hydrogen) atoms. The minimum Gasteiger partial charge on any atom is -0.445 e. The fourth-order valence-electron chi connectivity index (χ4n) is 5.60. The molecule has 1 atom stereocenters. The summed E-state index contributed by atoms with van der Waals surface area (Å²) in [5.74, 6) is -0.785. The van der Waals surface area contributed by atoms with Crippen LogP contribution in [0.5, 0.6) is 0 Å². The maximum atomic E-state index is 13.8. The first-order valence-electron chi connectivity index (χ1n) is 15.3. The van der Waals surface area contributed by atoms with E-state index in [2.05, 4.69) is 10.2 Å². The van der Waals surface area contributed by atoms with Crippen molar-refractivity contribution in [1.82, 2.24) is 20.0 Å². The van der Waals surface area contributed by atoms with E-state index in [9.17, 15) is 40.7 Å². The lowest BCUT2D eigenvalue weighted by molar-refractivity contribution is -0.143. The molecule has 0 radical (unpaired) electrons. The van der Waals surface area contributed by atoms with Crippen LogP contribution in [0.3, 0.4) is 0 Å². The molecular formula is C32H38F6N4O4. The van der Waals surface area contributed by atoms with Crippen LogP contribution in [0.4, 0.5) is 31.1 Å². The van der Waals surface area contributed by atoms with Crippen LogP contribution >= 0.6 is 0 Å². The van der Waals surface area contributed by atoms with E-state index in [1.54, 1.807) is 0 Å². The Kier molecular flexibility index (Phi) is 11.9. The zero-order valence-corrected chi connectivity index (χ0v) is 25.3. The first-order chi connectivity index (χ1) is 21.8. The number of hydrogen-bond acceptors (Lipinski definition) is 5. The van der Waals surface area contributed by atoms with Crippen molar-refractivity contribution in [1.29, 1.82) is 0 Å². The molecule has 0 aliphatic carbocycles. The molecule has 2 aromatic rings. The summed E-state index contributed by atoms with van der Waals surface area (Å²) in [4.78, 5) is 44.8. The van der Waals surface area contributed by atoms with Crippen molar-refractivity contribution >= 4 is 17.9 Å². The third-order valence-electron chi connectivity index (χ3n) is 8.11. The molecule has 3 amide bonds. The van der Waals surface area contributed by atoms with Crippen molar-refractivity contribution in [2.45, 2.75) is 70.1 Å². The monoisotopic (exact) mass is 656 g/mol. The van der Waals surface area contributed by atoms with Gasteiger partial charge >= 0.3 is 18.4 Å². The van der Waals surface area contributed by atoms with Crippen molar-refractivity contribution in [3.8, 4) is 0 Å². The van der Waals surface area contributed by atoms with E-state index in [-0.39, 0.29) is 44.6 Å². The lowest BCUT2D eigenvalue weighted by Crippen LogP contribution is -2.53. The van der Waals surface area contributed by atoms with Gasteiger partial charge in [-0.15, -0.1) is 0 Å². The van der Waals surface area contributed by atoms with Gasteiger partial charge in [-0.25, -0.2) is 4.79 Å². The van der Waals surface area contributed by atoms with E-state index < -0.39 is 53.7 Å². The number of carbonyl (C=O) groups excluding carboxylic acids is 3. The first-order valence-corrected chi connectivity index (χ1v) is 15.3. The molecule has 0 bridgehead atoms. The van der Waals surface area contributed by atoms with Gasteiger partial charge in [0.2, 0.25) is 11.8 Å². The van der Waals surface area contributed by atoms with E-state index >= 15 is 0 Å². The average molecular weight is 657 g/mol. The SMILES string of the molecule is O=C1CCN(C(=O)OCc2cc(C(F)(F)F)cc(C(F)(F)F)c2)CCN(Cc2ccccc2)C(=O)[C@H](CCN2CCCCCC2)N1. The van der Waals surface area contributed by atoms with Crippen LogP contribution in [0.15, 0.2) is 48.5 Å². The Morgan fingerprint density at radius 1 is 0.804 bits per heavy atom. The van der Waals surface area contributed by atoms with Crippen molar-refractivity contribution < 1.29 is 45.5 Å². The zero-order valence-electron chi connectivity index (χ0n) is 25.3. The quantitative estimate of drug-likeness (QED) is 0.379. The molecule has 14 heteroatoms. The molecule has 0 spiro atoms. The van der Waals surface area contributed by atoms with Crippen LogP contribution in [0.1, 0.15) is 60.8 Å². The topological polar surface area (TPSA) is 82.2 Å². The summed E-state index contributed by atoms with van der Waals surface area (Å²) in [6.07, 6.45) is -6.42. The predicted molar refractivity (Wildman–Crippen MR) is 156 cm³/mol. The number of nitrogens with zero attached hydrogens (tertiary/aromatic N) is 3. The molecular weight excluding hydrogens is 618 g/mol. The second kappa shape index (κ2) is 15.7. The Bertz CT molecular complexity index is 1300. The van der Waals surface area contributed by atoms with E-state index in [0.717, 1.165) is 49.2 Å². The van der Waals surface area contributed by atoms with Gasteiger partial charge < -0.3 is 24.8 Å². The number of carbonyl (C=O) groups is 3. The van der Waals surface area contributed by atoms with Gasteiger partial charge in [0.25, 0.3) is 0 Å². The molecule has 0 aromatic heterocycles. The molecule has 4 rings (SSSR count). The molecule has 2 aromatic carbocycles. The molecule has 252 valence electrons. The third-order valence-corrected chi connectivity index (χ3v) is 8.11. The first kappa shape index (κ1) is 35.1. The summed E-state index contributed by atoms with van der Waals surface area (Å²) in [5.41, 5.74) is -2.72. The van der Waals surface area contributed by atoms with Crippen molar-refractivity contribution in [3.63, 3.8) is 0 Å². The van der Waals surface area contributed by atoms with E-state index in [1.165, 1.54) is 4.90 Å². The summed E-state index contributed by atoms with van der Waals surface area (Å²) >= 11 is 0. The van der Waals surface area contributed by atoms with Crippen molar-refractivity contribution in [2.24, 2.45) is 0 Å². The molecule has 2 saturated heterocycles. The summed E-state index contributed by atoms with van der Waals surface area (Å²) in [5, 5.41) is 2.82. The number of rotatable bonds is 7. The molecule has 2 heterocycles. The average Bonchev–Trinajstić information content (AvgIpc) is 3.29. The fraction of sp³-hybridized carbons (Fsp3) is 0.531. The highest BCUT2D eigenvalue weighted by Crippen LogP contribution is 2.36. The maximum Gasteiger partial charge on any atom is 0.416 e. The van der Waals surface area contributed by atoms with Crippen LogP contribution in [-0.4, -0.2) is 77.9 Å². The fourth-order valence-corrected chi connectivity index (χ4v) is 5.60. The third kappa shape index (κ3) is 10.4. The molecule has 2 aliphatic heterocycles. The number of amides is 3. The number of likely N-dealkylation sites (tertiary alicyclic amines) is 1. The number of nitrogens with one attached hydrogen (secondary N) is 1. The van der Waals surface area contributed by atoms with E-state index in [0.29, 0.717) is 25.1 Å². The molecule has 2 fully saturated rings. The maximum absolute atomic E-state index is 13.8. The lowest BCUT2D eigenvalue weighted by Gasteiger charge is -2.33. The van der Waals surface area contributed by atoms with Gasteiger partial charge in [0.1, 0.15) is 12.6 Å². The summed E-state index contributed by atoms with van der Waals surface area (Å²) in [6.45, 7) is 1.69. The summed E-state index contributed by atoms with van der Waals surface area (Å²) in [6, 6.07) is 9.35. The predicted octanol–water partition coefficient (Wildman–Crippen LogP) is 5.85. The van der Waals surface area contributed by atoms with Crippen LogP contribution < -0.4 is 5.32 Å². The van der Waals surface area contributed by atoms with Gasteiger partial charge in [-0.05, 0) is 61.7 Å². The number of halogens is 6. The van der Waals surface area contributed by atoms with Gasteiger partial charge in [0.05, 0.1) is 11.1 Å². The standard InChI is InChI=1S/C32H38F6N4O4/c33-31(34,35)25-18-24(19-26(20-25)32(36,37)38)22-46-30(45)41-15-11-28(43)39-27(10-14-40-12-6-1-2-7-13-40)29(44)42(17-16-41)21-23-8-4-3-5-9-23/h3-5,8-9,18-20,27H,1-2,6-7,10-17,21-22H2,(H,39,43)/t27-/m0/s1. The largest absolute Gasteiger partial charge is 0.445 e. The second-order valence-electron chi connectivity index (χ2n) is 11.6. The number of benzene rings is 2. The van der Waals surface area contributed by atoms with Crippen LogP contribution in [-0.2, 0) is 39.8 Å². The van der Waals surface area contributed by atoms with Crippen LogP contribution in [0.25, 0.3) is 0 Å². The number of ether oxygens (including phenoxy) is 1. The van der Waals surface area contributed by atoms with Gasteiger partial charge in [0.15, 0.2) is 0 Å². The highest BCUT2D eigenvalue weighted by atomic mass is 19.4. The Balaban J connectivity index is 1.48. The lowest BCUT2D eigenvalue weighted by atomic mass is 10.1. The van der Waals surface area contributed by atoms with E-state index in [4.69, 9.17) is 4.74 Å². The van der Waals surface area contributed by atoms with Crippen LogP contribution in [0.2, 0.25) is 0 Å². The Morgan fingerprint density at radius 2 is 1.43 bits per heavy atom. The smallest absolute Gasteiger partial charge is 0.416 e. The minimum atomic E-state index is -5.05. The normalized spacial score (nSPS) is 19.4. The van der Waals surface area contributed by atoms with Gasteiger partial charge in [-0.1, -0.05) is 43.2 Å². The molecule has 0 saturated carbocycles. The summed E-state index contributed by atoms with van der Waals surface area (Å²) < 4.78 is 84.8. The Labute approximate surface area is 263 Å². The Morgan fingerprint density at radius 3 is 2.04 bits per heavy atom. The molecule has 1 N–H and O–H groups in total. The van der Waals surface area contributed by atoms with Gasteiger partial charge in [-0.3, -0.25) is 9.59 Å². The summed E-state index contributed by atoms with van der Waals surface area (Å²) in [7, 11) is 0. The number of hydrogen-bond donors (Lipinski definition) is 1. The highest BCUT2D eigenvalue weighted by Gasteiger charge is 2.37. The number of alkyl halides is 6. The van der Waals surface area contributed by atoms with Gasteiger partial charge in [-0.2, -0.15) is 26.3 Å². The van der Waals surface area contributed by atoms with Crippen molar-refractivity contribution in [2.75, 3.05) is 39.3 Å². The van der Waals surface area contributed by atoms with Gasteiger partial charge in [0, 0.05) is 39.1 Å². The molecule has 8 nitrogen and oxygen atoms in total. The second-order valence-corrected chi connectivity index (χ2v) is 11.6. The van der Waals surface area contributed by atoms with E-state index in [1.807, 2.05) is 30.3 Å². The molecule has 0 unspecified atom stereocenters.